The molecule has 0 atom stereocenters. The molecule has 5 rings (SSSR count). The summed E-state index contributed by atoms with van der Waals surface area (Å²) in [6.45, 7) is 9.85. The van der Waals surface area contributed by atoms with Gasteiger partial charge in [0.05, 0.1) is 11.3 Å². The molecule has 6 heteroatoms. The lowest BCUT2D eigenvalue weighted by molar-refractivity contribution is 0.467. The van der Waals surface area contributed by atoms with E-state index in [1.807, 2.05) is 32.9 Å². The molecule has 0 spiro atoms. The van der Waals surface area contributed by atoms with Gasteiger partial charge in [-0.15, -0.1) is 0 Å². The maximum Gasteiger partial charge on any atom is 0.268 e. The van der Waals surface area contributed by atoms with Gasteiger partial charge in [0.25, 0.3) is 5.56 Å². The van der Waals surface area contributed by atoms with E-state index in [1.165, 1.54) is 17.6 Å². The van der Waals surface area contributed by atoms with Crippen molar-refractivity contribution >= 4 is 27.8 Å². The number of halogens is 1. The number of aryl methyl sites for hydroxylation is 2. The third-order valence-corrected chi connectivity index (χ3v) is 7.05. The Labute approximate surface area is 178 Å². The summed E-state index contributed by atoms with van der Waals surface area (Å²) in [6.07, 6.45) is 2.73. The van der Waals surface area contributed by atoms with E-state index in [4.69, 9.17) is 0 Å². The van der Waals surface area contributed by atoms with Gasteiger partial charge in [0.1, 0.15) is 16.6 Å². The molecule has 2 heterocycles. The van der Waals surface area contributed by atoms with Gasteiger partial charge in [-0.1, -0.05) is 13.5 Å². The van der Waals surface area contributed by atoms with Crippen molar-refractivity contribution < 1.29 is 9.50 Å². The average molecular weight is 423 g/mol. The molecule has 30 heavy (non-hydrogen) atoms. The molecule has 154 valence electrons. The number of aromatic amines is 1. The molecule has 1 aliphatic carbocycles. The van der Waals surface area contributed by atoms with Crippen LogP contribution in [0, 0.1) is 19.7 Å². The smallest absolute Gasteiger partial charge is 0.268 e. The van der Waals surface area contributed by atoms with Crippen LogP contribution in [-0.2, 0) is 6.42 Å². The van der Waals surface area contributed by atoms with Gasteiger partial charge in [0, 0.05) is 17.2 Å². The van der Waals surface area contributed by atoms with E-state index in [2.05, 4.69) is 15.9 Å². The third kappa shape index (κ3) is 2.59. The van der Waals surface area contributed by atoms with Gasteiger partial charge in [-0.25, -0.2) is 4.39 Å². The number of benzene rings is 2. The highest BCUT2D eigenvalue weighted by atomic mass is 32.1. The van der Waals surface area contributed by atoms with E-state index < -0.39 is 0 Å². The molecule has 1 saturated carbocycles. The number of aromatic nitrogens is 1. The number of fused-ring (bicyclic) bond motifs is 2. The second-order valence-corrected chi connectivity index (χ2v) is 9.01. The standard InChI is InChI=1S/C24H23FN2O2S/c1-5-16-20(14-8-11(2)22(28)12(3)9-14)18(25)10-17-13(4)19-23(29)26-30-24(19)27(21(16)17)15-6-7-15/h8-10,15,28H,4-7H2,1-3H3,(H,26,29). The van der Waals surface area contributed by atoms with Crippen LogP contribution in [0.2, 0.25) is 0 Å². The molecule has 2 aromatic carbocycles. The highest BCUT2D eigenvalue weighted by molar-refractivity contribution is 7.10. The van der Waals surface area contributed by atoms with Gasteiger partial charge in [0.15, 0.2) is 0 Å². The first kappa shape index (κ1) is 19.1. The Hall–Kier alpha value is -2.86. The summed E-state index contributed by atoms with van der Waals surface area (Å²) in [7, 11) is 0. The molecule has 0 amide bonds. The first-order valence-corrected chi connectivity index (χ1v) is 11.0. The summed E-state index contributed by atoms with van der Waals surface area (Å²) in [4.78, 5) is 14.7. The number of hydrogen-bond acceptors (Lipinski definition) is 4. The second-order valence-electron chi connectivity index (χ2n) is 8.21. The molecule has 0 radical (unpaired) electrons. The molecule has 1 fully saturated rings. The lowest BCUT2D eigenvalue weighted by Gasteiger charge is -2.34. The zero-order valence-corrected chi connectivity index (χ0v) is 18.0. The highest BCUT2D eigenvalue weighted by Crippen LogP contribution is 2.53. The third-order valence-electron chi connectivity index (χ3n) is 6.17. The van der Waals surface area contributed by atoms with Gasteiger partial charge in [0.2, 0.25) is 0 Å². The molecule has 1 aliphatic heterocycles. The van der Waals surface area contributed by atoms with Crippen molar-refractivity contribution in [1.29, 1.82) is 0 Å². The van der Waals surface area contributed by atoms with E-state index in [9.17, 15) is 9.90 Å². The number of nitrogens with one attached hydrogen (secondary N) is 1. The van der Waals surface area contributed by atoms with Crippen LogP contribution >= 0.6 is 11.5 Å². The SMILES string of the molecule is C=C1c2cc(F)c(-c3cc(C)c(O)c(C)c3)c(CC)c2N(C2CC2)c2s[nH]c(=O)c21. The van der Waals surface area contributed by atoms with E-state index in [-0.39, 0.29) is 17.1 Å². The fourth-order valence-electron chi connectivity index (χ4n) is 4.60. The number of phenols is 1. The van der Waals surface area contributed by atoms with Crippen LogP contribution < -0.4 is 10.5 Å². The molecule has 4 nitrogen and oxygen atoms in total. The summed E-state index contributed by atoms with van der Waals surface area (Å²) in [5, 5.41) is 11.1. The van der Waals surface area contributed by atoms with Crippen molar-refractivity contribution in [2.75, 3.05) is 4.90 Å². The van der Waals surface area contributed by atoms with E-state index in [0.717, 1.165) is 45.8 Å². The van der Waals surface area contributed by atoms with E-state index in [1.54, 1.807) is 0 Å². The summed E-state index contributed by atoms with van der Waals surface area (Å²) < 4.78 is 18.4. The maximum atomic E-state index is 15.6. The summed E-state index contributed by atoms with van der Waals surface area (Å²) >= 11 is 1.33. The van der Waals surface area contributed by atoms with Crippen molar-refractivity contribution in [2.24, 2.45) is 0 Å². The molecule has 0 bridgehead atoms. The van der Waals surface area contributed by atoms with E-state index >= 15 is 4.39 Å². The number of phenolic OH excluding ortho intramolecular Hbond substituents is 1. The molecule has 2 aliphatic rings. The fourth-order valence-corrected chi connectivity index (χ4v) is 5.55. The molecular weight excluding hydrogens is 399 g/mol. The lowest BCUT2D eigenvalue weighted by atomic mass is 9.86. The quantitative estimate of drug-likeness (QED) is 0.561. The van der Waals surface area contributed by atoms with Crippen molar-refractivity contribution in [3.05, 3.63) is 68.8 Å². The van der Waals surface area contributed by atoms with Crippen molar-refractivity contribution in [3.8, 4) is 16.9 Å². The number of nitrogens with zero attached hydrogens (tertiary/aromatic N) is 1. The van der Waals surface area contributed by atoms with Crippen LogP contribution in [0.15, 0.2) is 29.6 Å². The Bertz CT molecular complexity index is 1260. The second kappa shape index (κ2) is 6.57. The van der Waals surface area contributed by atoms with Crippen molar-refractivity contribution in [2.45, 2.75) is 46.1 Å². The summed E-state index contributed by atoms with van der Waals surface area (Å²) in [5.74, 6) is -0.0908. The summed E-state index contributed by atoms with van der Waals surface area (Å²) in [5.41, 5.74) is 6.32. The van der Waals surface area contributed by atoms with Gasteiger partial charge in [-0.3, -0.25) is 9.17 Å². The highest BCUT2D eigenvalue weighted by Gasteiger charge is 2.40. The predicted octanol–water partition coefficient (Wildman–Crippen LogP) is 5.80. The largest absolute Gasteiger partial charge is 0.507 e. The van der Waals surface area contributed by atoms with Crippen LogP contribution in [0.1, 0.15) is 47.6 Å². The van der Waals surface area contributed by atoms with Gasteiger partial charge >= 0.3 is 0 Å². The zero-order chi connectivity index (χ0) is 21.3. The Morgan fingerprint density at radius 2 is 1.90 bits per heavy atom. The van der Waals surface area contributed by atoms with Gasteiger partial charge < -0.3 is 10.0 Å². The van der Waals surface area contributed by atoms with Crippen LogP contribution in [0.5, 0.6) is 5.75 Å². The van der Waals surface area contributed by atoms with Crippen LogP contribution in [0.4, 0.5) is 15.1 Å². The first-order valence-electron chi connectivity index (χ1n) is 10.2. The number of aromatic hydroxyl groups is 1. The minimum Gasteiger partial charge on any atom is -0.507 e. The molecule has 0 saturated heterocycles. The molecule has 2 N–H and O–H groups in total. The van der Waals surface area contributed by atoms with Crippen LogP contribution in [-0.4, -0.2) is 15.5 Å². The minimum atomic E-state index is -0.331. The first-order chi connectivity index (χ1) is 14.3. The van der Waals surface area contributed by atoms with Crippen LogP contribution in [0.3, 0.4) is 0 Å². The molecular formula is C24H23FN2O2S. The predicted molar refractivity (Wildman–Crippen MR) is 121 cm³/mol. The Balaban J connectivity index is 1.84. The fraction of sp³-hybridized carbons (Fsp3) is 0.292. The zero-order valence-electron chi connectivity index (χ0n) is 17.2. The number of H-pyrrole nitrogens is 1. The Morgan fingerprint density at radius 1 is 1.23 bits per heavy atom. The molecule has 0 unspecified atom stereocenters. The minimum absolute atomic E-state index is 0.163. The number of hydrogen-bond donors (Lipinski definition) is 2. The number of anilines is 2. The van der Waals surface area contributed by atoms with Crippen LogP contribution in [0.25, 0.3) is 16.7 Å². The molecule has 3 aromatic rings. The Morgan fingerprint density at radius 3 is 2.50 bits per heavy atom. The van der Waals surface area contributed by atoms with E-state index in [0.29, 0.717) is 34.7 Å². The topological polar surface area (TPSA) is 56.3 Å². The lowest BCUT2D eigenvalue weighted by Crippen LogP contribution is -2.27. The normalized spacial score (nSPS) is 15.3. The maximum absolute atomic E-state index is 15.6. The monoisotopic (exact) mass is 422 g/mol. The van der Waals surface area contributed by atoms with Crippen molar-refractivity contribution in [3.63, 3.8) is 0 Å². The molecule has 1 aromatic heterocycles. The Kier molecular flexibility index (Phi) is 4.19. The summed E-state index contributed by atoms with van der Waals surface area (Å²) in [6, 6.07) is 5.52. The van der Waals surface area contributed by atoms with Gasteiger partial charge in [-0.2, -0.15) is 0 Å². The van der Waals surface area contributed by atoms with Gasteiger partial charge in [-0.05, 0) is 90.7 Å². The number of rotatable bonds is 3. The van der Waals surface area contributed by atoms with Crippen molar-refractivity contribution in [1.82, 2.24) is 4.37 Å². The average Bonchev–Trinajstić information content (AvgIpc) is 3.47.